The summed E-state index contributed by atoms with van der Waals surface area (Å²) >= 11 is 1.33. The van der Waals surface area contributed by atoms with Crippen molar-refractivity contribution in [3.63, 3.8) is 0 Å². The number of rotatable bonds is 5. The summed E-state index contributed by atoms with van der Waals surface area (Å²) in [5, 5.41) is 11.3. The first-order valence-corrected chi connectivity index (χ1v) is 8.72. The number of carbonyl (C=O) groups excluding carboxylic acids is 1. The number of hydrogen-bond donors (Lipinski definition) is 1. The smallest absolute Gasteiger partial charge is 0.360 e. The fourth-order valence-corrected chi connectivity index (χ4v) is 3.52. The molecule has 2 aromatic heterocycles. The number of pyridine rings is 1. The highest BCUT2D eigenvalue weighted by atomic mass is 32.1. The first-order chi connectivity index (χ1) is 12.0. The minimum Gasteiger partial charge on any atom is -0.504 e. The van der Waals surface area contributed by atoms with Crippen molar-refractivity contribution < 1.29 is 14.6 Å². The van der Waals surface area contributed by atoms with E-state index in [-0.39, 0.29) is 18.1 Å². The van der Waals surface area contributed by atoms with Gasteiger partial charge in [-0.2, -0.15) is 0 Å². The average molecular weight is 354 g/mol. The zero-order chi connectivity index (χ0) is 18.0. The summed E-state index contributed by atoms with van der Waals surface area (Å²) in [6.45, 7) is 7.72. The van der Waals surface area contributed by atoms with E-state index in [1.54, 1.807) is 6.92 Å². The molecule has 0 aliphatic carbocycles. The molecule has 0 spiro atoms. The minimum atomic E-state index is -0.639. The van der Waals surface area contributed by atoms with Gasteiger partial charge in [0.25, 0.3) is 0 Å². The number of aromatic hydroxyl groups is 1. The van der Waals surface area contributed by atoms with Crippen LogP contribution < -0.4 is 0 Å². The van der Waals surface area contributed by atoms with Gasteiger partial charge in [-0.15, -0.1) is 11.3 Å². The van der Waals surface area contributed by atoms with Crippen molar-refractivity contribution in [2.45, 2.75) is 20.3 Å². The number of hydrogen-bond acceptors (Lipinski definition) is 6. The fraction of sp³-hybridized carbons (Fsp3) is 0.211. The number of allylic oxidation sites excluding steroid dienone is 1. The van der Waals surface area contributed by atoms with E-state index in [4.69, 9.17) is 4.74 Å². The van der Waals surface area contributed by atoms with Gasteiger partial charge in [0, 0.05) is 12.0 Å². The monoisotopic (exact) mass is 354 g/mol. The van der Waals surface area contributed by atoms with Crippen molar-refractivity contribution >= 4 is 27.5 Å². The van der Waals surface area contributed by atoms with Gasteiger partial charge in [0.05, 0.1) is 12.3 Å². The third-order valence-corrected chi connectivity index (χ3v) is 4.66. The first kappa shape index (κ1) is 17.1. The van der Waals surface area contributed by atoms with Crippen molar-refractivity contribution in [2.24, 2.45) is 0 Å². The molecule has 0 bridgehead atoms. The number of aromatic nitrogens is 2. The summed E-state index contributed by atoms with van der Waals surface area (Å²) in [6.07, 6.45) is 0.473. The maximum atomic E-state index is 12.1. The van der Waals surface area contributed by atoms with Crippen LogP contribution >= 0.6 is 11.3 Å². The van der Waals surface area contributed by atoms with Gasteiger partial charge in [-0.3, -0.25) is 0 Å². The maximum absolute atomic E-state index is 12.1. The lowest BCUT2D eigenvalue weighted by atomic mass is 10.1. The van der Waals surface area contributed by atoms with Crippen molar-refractivity contribution in [2.75, 3.05) is 6.61 Å². The highest BCUT2D eigenvalue weighted by Crippen LogP contribution is 2.38. The van der Waals surface area contributed by atoms with Gasteiger partial charge in [-0.05, 0) is 13.8 Å². The lowest BCUT2D eigenvalue weighted by Crippen LogP contribution is -2.09. The first-order valence-electron chi connectivity index (χ1n) is 7.90. The number of ether oxygens (including phenoxy) is 1. The number of esters is 1. The van der Waals surface area contributed by atoms with E-state index in [0.29, 0.717) is 22.3 Å². The van der Waals surface area contributed by atoms with Gasteiger partial charge in [0.2, 0.25) is 0 Å². The molecule has 0 aliphatic rings. The Kier molecular flexibility index (Phi) is 4.81. The van der Waals surface area contributed by atoms with Crippen LogP contribution in [-0.4, -0.2) is 27.7 Å². The fourth-order valence-electron chi connectivity index (χ4n) is 2.48. The Morgan fingerprint density at radius 3 is 2.64 bits per heavy atom. The summed E-state index contributed by atoms with van der Waals surface area (Å²) in [6, 6.07) is 9.69. The quantitative estimate of drug-likeness (QED) is 0.544. The second-order valence-electron chi connectivity index (χ2n) is 5.67. The zero-order valence-electron chi connectivity index (χ0n) is 14.1. The molecule has 1 N–H and O–H groups in total. The Labute approximate surface area is 149 Å². The molecule has 0 radical (unpaired) electrons. The van der Waals surface area contributed by atoms with Gasteiger partial charge < -0.3 is 9.84 Å². The van der Waals surface area contributed by atoms with Crippen LogP contribution in [0.1, 0.15) is 30.0 Å². The molecule has 25 heavy (non-hydrogen) atoms. The average Bonchev–Trinajstić information content (AvgIpc) is 3.04. The molecule has 128 valence electrons. The summed E-state index contributed by atoms with van der Waals surface area (Å²) in [5.41, 5.74) is 2.97. The number of nitrogens with zero attached hydrogens (tertiary/aromatic N) is 2. The van der Waals surface area contributed by atoms with Crippen LogP contribution in [0.3, 0.4) is 0 Å². The summed E-state index contributed by atoms with van der Waals surface area (Å²) in [4.78, 5) is 21.1. The molecule has 0 unspecified atom stereocenters. The van der Waals surface area contributed by atoms with E-state index < -0.39 is 5.97 Å². The molecule has 2 heterocycles. The van der Waals surface area contributed by atoms with Gasteiger partial charge >= 0.3 is 5.97 Å². The van der Waals surface area contributed by atoms with Crippen LogP contribution in [0.15, 0.2) is 42.5 Å². The molecule has 3 rings (SSSR count). The van der Waals surface area contributed by atoms with Gasteiger partial charge in [-0.1, -0.05) is 42.5 Å². The molecular weight excluding hydrogens is 336 g/mol. The van der Waals surface area contributed by atoms with E-state index >= 15 is 0 Å². The standard InChI is InChI=1S/C19H18N2O3S/c1-4-24-19(23)15-16(22)17-14(13(20-15)10-11(2)3)21-18(25-17)12-8-6-5-7-9-12/h5-9,22H,2,4,10H2,1,3H3. The van der Waals surface area contributed by atoms with Gasteiger partial charge in [0.1, 0.15) is 15.2 Å². The molecule has 0 atom stereocenters. The summed E-state index contributed by atoms with van der Waals surface area (Å²) in [7, 11) is 0. The van der Waals surface area contributed by atoms with E-state index in [1.807, 2.05) is 37.3 Å². The maximum Gasteiger partial charge on any atom is 0.360 e. The van der Waals surface area contributed by atoms with Gasteiger partial charge in [0.15, 0.2) is 11.4 Å². The van der Waals surface area contributed by atoms with Crippen LogP contribution in [0.25, 0.3) is 20.8 Å². The lowest BCUT2D eigenvalue weighted by molar-refractivity contribution is 0.0516. The highest BCUT2D eigenvalue weighted by molar-refractivity contribution is 7.22. The molecule has 0 saturated carbocycles. The Bertz CT molecular complexity index is 948. The largest absolute Gasteiger partial charge is 0.504 e. The normalized spacial score (nSPS) is 10.8. The Morgan fingerprint density at radius 1 is 1.28 bits per heavy atom. The number of fused-ring (bicyclic) bond motifs is 1. The molecule has 5 nitrogen and oxygen atoms in total. The van der Waals surface area contributed by atoms with Crippen LogP contribution in [0, 0.1) is 0 Å². The lowest BCUT2D eigenvalue weighted by Gasteiger charge is -2.08. The Balaban J connectivity index is 2.23. The van der Waals surface area contributed by atoms with E-state index in [0.717, 1.165) is 16.1 Å². The van der Waals surface area contributed by atoms with Crippen molar-refractivity contribution in [1.82, 2.24) is 9.97 Å². The Hall–Kier alpha value is -2.73. The third-order valence-electron chi connectivity index (χ3n) is 3.55. The minimum absolute atomic E-state index is 0.0751. The van der Waals surface area contributed by atoms with Crippen LogP contribution in [0.4, 0.5) is 0 Å². The van der Waals surface area contributed by atoms with E-state index in [1.165, 1.54) is 11.3 Å². The SMILES string of the molecule is C=C(C)Cc1nc(C(=O)OCC)c(O)c2sc(-c3ccccc3)nc12. The molecule has 6 heteroatoms. The number of thiazole rings is 1. The second-order valence-corrected chi connectivity index (χ2v) is 6.67. The number of benzene rings is 1. The van der Waals surface area contributed by atoms with E-state index in [2.05, 4.69) is 16.5 Å². The predicted molar refractivity (Wildman–Crippen MR) is 99.0 cm³/mol. The van der Waals surface area contributed by atoms with Crippen LogP contribution in [-0.2, 0) is 11.2 Å². The summed E-state index contributed by atoms with van der Waals surface area (Å²) < 4.78 is 5.54. The molecule has 0 fully saturated rings. The molecule has 0 amide bonds. The van der Waals surface area contributed by atoms with Crippen LogP contribution in [0.5, 0.6) is 5.75 Å². The molecular formula is C19H18N2O3S. The third kappa shape index (κ3) is 3.39. The Morgan fingerprint density at radius 2 is 2.00 bits per heavy atom. The zero-order valence-corrected chi connectivity index (χ0v) is 14.9. The van der Waals surface area contributed by atoms with Crippen molar-refractivity contribution in [1.29, 1.82) is 0 Å². The van der Waals surface area contributed by atoms with Crippen molar-refractivity contribution in [3.8, 4) is 16.3 Å². The van der Waals surface area contributed by atoms with Gasteiger partial charge in [-0.25, -0.2) is 14.8 Å². The molecule has 3 aromatic rings. The molecule has 0 aliphatic heterocycles. The topological polar surface area (TPSA) is 72.3 Å². The molecule has 0 saturated heterocycles. The van der Waals surface area contributed by atoms with E-state index in [9.17, 15) is 9.90 Å². The van der Waals surface area contributed by atoms with Crippen molar-refractivity contribution in [3.05, 3.63) is 53.9 Å². The second kappa shape index (κ2) is 7.03. The molecule has 1 aromatic carbocycles. The highest BCUT2D eigenvalue weighted by Gasteiger charge is 2.23. The number of carbonyl (C=O) groups is 1. The summed E-state index contributed by atoms with van der Waals surface area (Å²) in [5.74, 6) is -0.821. The predicted octanol–water partition coefficient (Wildman–Crippen LogP) is 4.36. The van der Waals surface area contributed by atoms with Crippen LogP contribution in [0.2, 0.25) is 0 Å².